The Morgan fingerprint density at radius 1 is 1.39 bits per heavy atom. The SMILES string of the molecule is CCOc1cc(F)ccc1NCc1occc1Br. The molecule has 0 fully saturated rings. The maximum absolute atomic E-state index is 13.1. The largest absolute Gasteiger partial charge is 0.492 e. The van der Waals surface area contributed by atoms with Gasteiger partial charge in [-0.2, -0.15) is 0 Å². The van der Waals surface area contributed by atoms with Crippen LogP contribution in [0.1, 0.15) is 12.7 Å². The van der Waals surface area contributed by atoms with E-state index in [0.717, 1.165) is 15.9 Å². The number of halogens is 2. The van der Waals surface area contributed by atoms with Gasteiger partial charge < -0.3 is 14.5 Å². The number of hydrogen-bond donors (Lipinski definition) is 1. The second kappa shape index (κ2) is 5.91. The minimum Gasteiger partial charge on any atom is -0.492 e. The normalized spacial score (nSPS) is 10.4. The van der Waals surface area contributed by atoms with E-state index in [1.807, 2.05) is 13.0 Å². The lowest BCUT2D eigenvalue weighted by molar-refractivity contribution is 0.339. The second-order valence-electron chi connectivity index (χ2n) is 3.62. The van der Waals surface area contributed by atoms with Gasteiger partial charge in [0.1, 0.15) is 17.3 Å². The number of furan rings is 1. The molecule has 0 aliphatic rings. The van der Waals surface area contributed by atoms with Gasteiger partial charge in [-0.15, -0.1) is 0 Å². The van der Waals surface area contributed by atoms with E-state index in [2.05, 4.69) is 21.2 Å². The summed E-state index contributed by atoms with van der Waals surface area (Å²) in [6.07, 6.45) is 1.61. The molecular formula is C13H13BrFNO2. The lowest BCUT2D eigenvalue weighted by Crippen LogP contribution is -2.02. The van der Waals surface area contributed by atoms with Crippen LogP contribution >= 0.6 is 15.9 Å². The highest BCUT2D eigenvalue weighted by Gasteiger charge is 2.07. The van der Waals surface area contributed by atoms with Gasteiger partial charge in [0.05, 0.1) is 29.6 Å². The van der Waals surface area contributed by atoms with E-state index in [0.29, 0.717) is 18.9 Å². The highest BCUT2D eigenvalue weighted by Crippen LogP contribution is 2.27. The van der Waals surface area contributed by atoms with E-state index in [9.17, 15) is 4.39 Å². The van der Waals surface area contributed by atoms with Crippen molar-refractivity contribution >= 4 is 21.6 Å². The smallest absolute Gasteiger partial charge is 0.145 e. The molecule has 1 aromatic carbocycles. The molecule has 1 N–H and O–H groups in total. The fourth-order valence-electron chi connectivity index (χ4n) is 1.54. The Labute approximate surface area is 113 Å². The third-order valence-corrected chi connectivity index (χ3v) is 3.08. The fraction of sp³-hybridized carbons (Fsp3) is 0.231. The Hall–Kier alpha value is -1.49. The average Bonchev–Trinajstić information content (AvgIpc) is 2.74. The van der Waals surface area contributed by atoms with Crippen LogP contribution < -0.4 is 10.1 Å². The Morgan fingerprint density at radius 2 is 2.22 bits per heavy atom. The highest BCUT2D eigenvalue weighted by molar-refractivity contribution is 9.10. The molecular weight excluding hydrogens is 301 g/mol. The molecule has 3 nitrogen and oxygen atoms in total. The molecule has 0 spiro atoms. The van der Waals surface area contributed by atoms with Gasteiger partial charge in [-0.1, -0.05) is 0 Å². The number of benzene rings is 1. The van der Waals surface area contributed by atoms with E-state index in [1.165, 1.54) is 12.1 Å². The van der Waals surface area contributed by atoms with Gasteiger partial charge in [0.2, 0.25) is 0 Å². The summed E-state index contributed by atoms with van der Waals surface area (Å²) in [4.78, 5) is 0. The molecule has 0 saturated heterocycles. The number of hydrogen-bond acceptors (Lipinski definition) is 3. The first-order valence-electron chi connectivity index (χ1n) is 5.58. The number of rotatable bonds is 5. The number of nitrogens with one attached hydrogen (secondary N) is 1. The van der Waals surface area contributed by atoms with Crippen LogP contribution in [0.4, 0.5) is 10.1 Å². The summed E-state index contributed by atoms with van der Waals surface area (Å²) in [6, 6.07) is 6.23. The second-order valence-corrected chi connectivity index (χ2v) is 4.47. The lowest BCUT2D eigenvalue weighted by Gasteiger charge is -2.11. The van der Waals surface area contributed by atoms with Gasteiger partial charge in [-0.05, 0) is 41.1 Å². The molecule has 0 unspecified atom stereocenters. The van der Waals surface area contributed by atoms with Crippen molar-refractivity contribution in [1.82, 2.24) is 0 Å². The van der Waals surface area contributed by atoms with Gasteiger partial charge in [-0.3, -0.25) is 0 Å². The molecule has 1 heterocycles. The third-order valence-electron chi connectivity index (χ3n) is 2.37. The zero-order valence-electron chi connectivity index (χ0n) is 9.87. The van der Waals surface area contributed by atoms with Crippen molar-refractivity contribution in [3.8, 4) is 5.75 Å². The Morgan fingerprint density at radius 3 is 2.89 bits per heavy atom. The summed E-state index contributed by atoms with van der Waals surface area (Å²) in [7, 11) is 0. The van der Waals surface area contributed by atoms with Crippen LogP contribution in [0, 0.1) is 5.82 Å². The van der Waals surface area contributed by atoms with Crippen LogP contribution in [-0.2, 0) is 6.54 Å². The van der Waals surface area contributed by atoms with E-state index in [4.69, 9.17) is 9.15 Å². The molecule has 0 saturated carbocycles. The molecule has 0 bridgehead atoms. The fourth-order valence-corrected chi connectivity index (χ4v) is 1.89. The van der Waals surface area contributed by atoms with Gasteiger partial charge >= 0.3 is 0 Å². The summed E-state index contributed by atoms with van der Waals surface area (Å²) in [5, 5.41) is 3.15. The van der Waals surface area contributed by atoms with Crippen LogP contribution in [0.25, 0.3) is 0 Å². The molecule has 2 aromatic rings. The molecule has 18 heavy (non-hydrogen) atoms. The van der Waals surface area contributed by atoms with Crippen LogP contribution in [0.2, 0.25) is 0 Å². The Balaban J connectivity index is 2.11. The molecule has 96 valence electrons. The van der Waals surface area contributed by atoms with E-state index >= 15 is 0 Å². The quantitative estimate of drug-likeness (QED) is 0.898. The molecule has 2 rings (SSSR count). The van der Waals surface area contributed by atoms with Gasteiger partial charge in [0.25, 0.3) is 0 Å². The molecule has 0 aliphatic heterocycles. The lowest BCUT2D eigenvalue weighted by atomic mass is 10.2. The van der Waals surface area contributed by atoms with Gasteiger partial charge in [0, 0.05) is 6.07 Å². The molecule has 0 radical (unpaired) electrons. The summed E-state index contributed by atoms with van der Waals surface area (Å²) in [5.41, 5.74) is 0.738. The summed E-state index contributed by atoms with van der Waals surface area (Å²) < 4.78 is 24.7. The van der Waals surface area contributed by atoms with Crippen molar-refractivity contribution in [2.45, 2.75) is 13.5 Å². The van der Waals surface area contributed by atoms with Crippen molar-refractivity contribution in [3.05, 3.63) is 46.6 Å². The third kappa shape index (κ3) is 3.04. The van der Waals surface area contributed by atoms with Crippen molar-refractivity contribution in [2.75, 3.05) is 11.9 Å². The monoisotopic (exact) mass is 313 g/mol. The Kier molecular flexibility index (Phi) is 4.25. The molecule has 0 atom stereocenters. The summed E-state index contributed by atoms with van der Waals surface area (Å²) >= 11 is 3.38. The van der Waals surface area contributed by atoms with Gasteiger partial charge in [0.15, 0.2) is 0 Å². The predicted molar refractivity (Wildman–Crippen MR) is 71.3 cm³/mol. The minimum atomic E-state index is -0.317. The van der Waals surface area contributed by atoms with Gasteiger partial charge in [-0.25, -0.2) is 4.39 Å². The van der Waals surface area contributed by atoms with Crippen molar-refractivity contribution in [3.63, 3.8) is 0 Å². The highest BCUT2D eigenvalue weighted by atomic mass is 79.9. The van der Waals surface area contributed by atoms with Crippen LogP contribution in [0.15, 0.2) is 39.4 Å². The Bertz CT molecular complexity index is 527. The summed E-state index contributed by atoms with van der Waals surface area (Å²) in [6.45, 7) is 2.85. The summed E-state index contributed by atoms with van der Waals surface area (Å²) in [5.74, 6) is 0.963. The number of anilines is 1. The van der Waals surface area contributed by atoms with Crippen LogP contribution in [0.3, 0.4) is 0 Å². The first kappa shape index (κ1) is 13.0. The van der Waals surface area contributed by atoms with Crippen LogP contribution in [-0.4, -0.2) is 6.61 Å². The maximum atomic E-state index is 13.1. The zero-order chi connectivity index (χ0) is 13.0. The zero-order valence-corrected chi connectivity index (χ0v) is 11.5. The van der Waals surface area contributed by atoms with E-state index in [1.54, 1.807) is 12.3 Å². The van der Waals surface area contributed by atoms with Crippen molar-refractivity contribution < 1.29 is 13.5 Å². The number of ether oxygens (including phenoxy) is 1. The standard InChI is InChI=1S/C13H13BrFNO2/c1-2-17-12-7-9(15)3-4-11(12)16-8-13-10(14)5-6-18-13/h3-7,16H,2,8H2,1H3. The van der Waals surface area contributed by atoms with E-state index < -0.39 is 0 Å². The molecule has 1 aromatic heterocycles. The average molecular weight is 314 g/mol. The topological polar surface area (TPSA) is 34.4 Å². The van der Waals surface area contributed by atoms with E-state index in [-0.39, 0.29) is 5.82 Å². The predicted octanol–water partition coefficient (Wildman–Crippen LogP) is 4.19. The molecule has 5 heteroatoms. The molecule has 0 aliphatic carbocycles. The first-order chi connectivity index (χ1) is 8.70. The molecule has 0 amide bonds. The van der Waals surface area contributed by atoms with Crippen LogP contribution in [0.5, 0.6) is 5.75 Å². The maximum Gasteiger partial charge on any atom is 0.145 e. The van der Waals surface area contributed by atoms with Crippen molar-refractivity contribution in [1.29, 1.82) is 0 Å². The van der Waals surface area contributed by atoms with Crippen molar-refractivity contribution in [2.24, 2.45) is 0 Å². The minimum absolute atomic E-state index is 0.317. The first-order valence-corrected chi connectivity index (χ1v) is 6.38.